The number of nitrogens with zero attached hydrogens (tertiary/aromatic N) is 2. The SMILES string of the molecule is O=C(NCC(Cl)Cl)c1ncncc1Br. The smallest absolute Gasteiger partial charge is 0.271 e. The molecule has 0 unspecified atom stereocenters. The standard InChI is InChI=1S/C7H6BrCl2N3O/c8-4-1-11-3-13-6(4)7(14)12-2-5(9)10/h1,3,5H,2H2,(H,12,14). The molecule has 4 nitrogen and oxygen atoms in total. The van der Waals surface area contributed by atoms with Gasteiger partial charge in [-0.25, -0.2) is 9.97 Å². The molecule has 0 saturated carbocycles. The highest BCUT2D eigenvalue weighted by atomic mass is 79.9. The summed E-state index contributed by atoms with van der Waals surface area (Å²) in [6.07, 6.45) is 2.78. The normalized spacial score (nSPS) is 10.3. The minimum atomic E-state index is -0.625. The lowest BCUT2D eigenvalue weighted by Crippen LogP contribution is -2.28. The molecule has 0 fully saturated rings. The van der Waals surface area contributed by atoms with Crippen LogP contribution in [0.25, 0.3) is 0 Å². The van der Waals surface area contributed by atoms with Crippen molar-refractivity contribution in [3.8, 4) is 0 Å². The van der Waals surface area contributed by atoms with E-state index in [1.54, 1.807) is 0 Å². The van der Waals surface area contributed by atoms with Crippen molar-refractivity contribution < 1.29 is 4.79 Å². The van der Waals surface area contributed by atoms with E-state index in [2.05, 4.69) is 31.2 Å². The monoisotopic (exact) mass is 297 g/mol. The number of halogens is 3. The highest BCUT2D eigenvalue weighted by Gasteiger charge is 2.11. The van der Waals surface area contributed by atoms with E-state index in [9.17, 15) is 4.79 Å². The molecule has 0 saturated heterocycles. The Labute approximate surface area is 99.2 Å². The Hall–Kier alpha value is -0.390. The fourth-order valence-electron chi connectivity index (χ4n) is 0.733. The maximum atomic E-state index is 11.4. The second kappa shape index (κ2) is 5.48. The molecule has 1 aromatic rings. The van der Waals surface area contributed by atoms with Crippen LogP contribution in [-0.4, -0.2) is 27.3 Å². The van der Waals surface area contributed by atoms with Gasteiger partial charge >= 0.3 is 0 Å². The van der Waals surface area contributed by atoms with Gasteiger partial charge in [-0.15, -0.1) is 23.2 Å². The third kappa shape index (κ3) is 3.40. The zero-order valence-corrected chi connectivity index (χ0v) is 9.97. The molecule has 0 aliphatic carbocycles. The van der Waals surface area contributed by atoms with Gasteiger partial charge in [-0.3, -0.25) is 4.79 Å². The predicted octanol–water partition coefficient (Wildman–Crippen LogP) is 1.77. The van der Waals surface area contributed by atoms with Gasteiger partial charge in [0.15, 0.2) is 0 Å². The summed E-state index contributed by atoms with van der Waals surface area (Å²) in [5.74, 6) is -0.342. The number of hydrogen-bond donors (Lipinski definition) is 1. The maximum absolute atomic E-state index is 11.4. The molecule has 0 bridgehead atoms. The molecule has 0 atom stereocenters. The van der Waals surface area contributed by atoms with Crippen molar-refractivity contribution in [1.29, 1.82) is 0 Å². The van der Waals surface area contributed by atoms with Crippen LogP contribution in [0.15, 0.2) is 17.0 Å². The number of hydrogen-bond acceptors (Lipinski definition) is 3. The van der Waals surface area contributed by atoms with Crippen LogP contribution in [0.4, 0.5) is 0 Å². The molecule has 1 rings (SSSR count). The van der Waals surface area contributed by atoms with Crippen LogP contribution in [0.2, 0.25) is 0 Å². The van der Waals surface area contributed by atoms with E-state index in [4.69, 9.17) is 23.2 Å². The largest absolute Gasteiger partial charge is 0.348 e. The summed E-state index contributed by atoms with van der Waals surface area (Å²) in [6.45, 7) is 0.179. The summed E-state index contributed by atoms with van der Waals surface area (Å²) in [6, 6.07) is 0. The van der Waals surface area contributed by atoms with Crippen molar-refractivity contribution >= 4 is 45.0 Å². The van der Waals surface area contributed by atoms with Crippen molar-refractivity contribution in [3.63, 3.8) is 0 Å². The zero-order chi connectivity index (χ0) is 10.6. The summed E-state index contributed by atoms with van der Waals surface area (Å²) in [5, 5.41) is 2.52. The summed E-state index contributed by atoms with van der Waals surface area (Å²) in [4.78, 5) is 18.3. The molecule has 0 radical (unpaired) electrons. The quantitative estimate of drug-likeness (QED) is 0.866. The van der Waals surface area contributed by atoms with Gasteiger partial charge in [0, 0.05) is 12.7 Å². The Bertz CT molecular complexity index is 334. The molecule has 0 aliphatic heterocycles. The van der Waals surface area contributed by atoms with Gasteiger partial charge in [-0.05, 0) is 15.9 Å². The Kier molecular flexibility index (Phi) is 4.57. The number of rotatable bonds is 3. The molecule has 14 heavy (non-hydrogen) atoms. The molecule has 7 heteroatoms. The molecule has 1 amide bonds. The highest BCUT2D eigenvalue weighted by Crippen LogP contribution is 2.11. The lowest BCUT2D eigenvalue weighted by Gasteiger charge is -2.05. The molecule has 1 N–H and O–H groups in total. The van der Waals surface area contributed by atoms with E-state index in [0.29, 0.717) is 4.47 Å². The number of alkyl halides is 2. The summed E-state index contributed by atoms with van der Waals surface area (Å²) in [7, 11) is 0. The van der Waals surface area contributed by atoms with E-state index in [1.807, 2.05) is 0 Å². The summed E-state index contributed by atoms with van der Waals surface area (Å²) >= 11 is 14.1. The number of carbonyl (C=O) groups is 1. The Morgan fingerprint density at radius 3 is 2.93 bits per heavy atom. The van der Waals surface area contributed by atoms with Gasteiger partial charge in [0.2, 0.25) is 0 Å². The molecule has 0 aliphatic rings. The average molecular weight is 299 g/mol. The molecule has 0 aromatic carbocycles. The minimum Gasteiger partial charge on any atom is -0.348 e. The van der Waals surface area contributed by atoms with E-state index in [1.165, 1.54) is 12.5 Å². The van der Waals surface area contributed by atoms with Gasteiger partial charge in [-0.2, -0.15) is 0 Å². The van der Waals surface area contributed by atoms with Crippen LogP contribution in [0, 0.1) is 0 Å². The van der Waals surface area contributed by atoms with Crippen LogP contribution in [0.1, 0.15) is 10.5 Å². The molecule has 0 spiro atoms. The third-order valence-electron chi connectivity index (χ3n) is 1.30. The van der Waals surface area contributed by atoms with Gasteiger partial charge in [0.25, 0.3) is 5.91 Å². The molecular formula is C7H6BrCl2N3O. The van der Waals surface area contributed by atoms with Gasteiger partial charge in [0.05, 0.1) is 4.47 Å². The van der Waals surface area contributed by atoms with Crippen LogP contribution in [0.3, 0.4) is 0 Å². The zero-order valence-electron chi connectivity index (χ0n) is 6.88. The lowest BCUT2D eigenvalue weighted by atomic mass is 10.4. The fraction of sp³-hybridized carbons (Fsp3) is 0.286. The second-order valence-corrected chi connectivity index (χ2v) is 4.45. The number of carbonyl (C=O) groups excluding carboxylic acids is 1. The Morgan fingerprint density at radius 1 is 1.64 bits per heavy atom. The van der Waals surface area contributed by atoms with Crippen molar-refractivity contribution in [1.82, 2.24) is 15.3 Å². The topological polar surface area (TPSA) is 54.9 Å². The molecular weight excluding hydrogens is 293 g/mol. The number of nitrogens with one attached hydrogen (secondary N) is 1. The Balaban J connectivity index is 2.65. The van der Waals surface area contributed by atoms with E-state index in [-0.39, 0.29) is 18.1 Å². The molecule has 1 heterocycles. The number of amides is 1. The number of aromatic nitrogens is 2. The third-order valence-corrected chi connectivity index (χ3v) is 2.19. The van der Waals surface area contributed by atoms with Crippen molar-refractivity contribution in [2.24, 2.45) is 0 Å². The predicted molar refractivity (Wildman–Crippen MR) is 57.6 cm³/mol. The fourth-order valence-corrected chi connectivity index (χ4v) is 1.29. The summed E-state index contributed by atoms with van der Waals surface area (Å²) in [5.41, 5.74) is 0.258. The first-order chi connectivity index (χ1) is 6.61. The van der Waals surface area contributed by atoms with Crippen LogP contribution in [-0.2, 0) is 0 Å². The van der Waals surface area contributed by atoms with E-state index >= 15 is 0 Å². The van der Waals surface area contributed by atoms with Crippen LogP contribution in [0.5, 0.6) is 0 Å². The highest BCUT2D eigenvalue weighted by molar-refractivity contribution is 9.10. The molecule has 76 valence electrons. The van der Waals surface area contributed by atoms with E-state index in [0.717, 1.165) is 0 Å². The van der Waals surface area contributed by atoms with Gasteiger partial charge < -0.3 is 5.32 Å². The van der Waals surface area contributed by atoms with Crippen molar-refractivity contribution in [3.05, 3.63) is 22.7 Å². The summed E-state index contributed by atoms with van der Waals surface area (Å²) < 4.78 is 0.526. The first-order valence-corrected chi connectivity index (χ1v) is 5.29. The van der Waals surface area contributed by atoms with Gasteiger partial charge in [0.1, 0.15) is 16.9 Å². The minimum absolute atomic E-state index is 0.179. The van der Waals surface area contributed by atoms with Crippen LogP contribution >= 0.6 is 39.1 Å². The Morgan fingerprint density at radius 2 is 2.36 bits per heavy atom. The van der Waals surface area contributed by atoms with Crippen LogP contribution < -0.4 is 5.32 Å². The molecule has 1 aromatic heterocycles. The van der Waals surface area contributed by atoms with Gasteiger partial charge in [-0.1, -0.05) is 0 Å². The van der Waals surface area contributed by atoms with Crippen molar-refractivity contribution in [2.45, 2.75) is 4.84 Å². The van der Waals surface area contributed by atoms with Crippen molar-refractivity contribution in [2.75, 3.05) is 6.54 Å². The first-order valence-electron chi connectivity index (χ1n) is 3.63. The first kappa shape index (κ1) is 11.7. The second-order valence-electron chi connectivity index (χ2n) is 2.32. The average Bonchev–Trinajstić information content (AvgIpc) is 2.15. The van der Waals surface area contributed by atoms with E-state index < -0.39 is 4.84 Å². The maximum Gasteiger partial charge on any atom is 0.271 e. The lowest BCUT2D eigenvalue weighted by molar-refractivity contribution is 0.0949.